The van der Waals surface area contributed by atoms with Gasteiger partial charge in [0.1, 0.15) is 0 Å². The number of rotatable bonds is 9. The fourth-order valence-electron chi connectivity index (χ4n) is 1.48. The van der Waals surface area contributed by atoms with Crippen LogP contribution in [0, 0.1) is 0 Å². The highest BCUT2D eigenvalue weighted by molar-refractivity contribution is 4.76. The van der Waals surface area contributed by atoms with Gasteiger partial charge in [0.05, 0.1) is 0 Å². The van der Waals surface area contributed by atoms with Crippen molar-refractivity contribution in [3.8, 4) is 0 Å². The van der Waals surface area contributed by atoms with Gasteiger partial charge in [-0.3, -0.25) is 0 Å². The van der Waals surface area contributed by atoms with Crippen LogP contribution in [-0.2, 0) is 0 Å². The van der Waals surface area contributed by atoms with E-state index in [1.165, 1.54) is 44.9 Å². The van der Waals surface area contributed by atoms with Gasteiger partial charge >= 0.3 is 0 Å². The van der Waals surface area contributed by atoms with E-state index in [0.717, 1.165) is 6.42 Å². The highest BCUT2D eigenvalue weighted by Gasteiger charge is 1.89. The van der Waals surface area contributed by atoms with Crippen LogP contribution in [0.5, 0.6) is 0 Å². The third-order valence-electron chi connectivity index (χ3n) is 2.35. The Morgan fingerprint density at radius 1 is 0.929 bits per heavy atom. The zero-order valence-electron chi connectivity index (χ0n) is 9.60. The molecule has 0 N–H and O–H groups in total. The van der Waals surface area contributed by atoms with Crippen LogP contribution in [0.2, 0.25) is 0 Å². The van der Waals surface area contributed by atoms with Gasteiger partial charge in [0.15, 0.2) is 0 Å². The highest BCUT2D eigenvalue weighted by atomic mass is 13.9. The lowest BCUT2D eigenvalue weighted by atomic mass is 10.1. The summed E-state index contributed by atoms with van der Waals surface area (Å²) in [5.41, 5.74) is 2.81. The summed E-state index contributed by atoms with van der Waals surface area (Å²) >= 11 is 0. The summed E-state index contributed by atoms with van der Waals surface area (Å²) < 4.78 is 0. The van der Waals surface area contributed by atoms with Crippen molar-refractivity contribution in [3.63, 3.8) is 0 Å². The van der Waals surface area contributed by atoms with Crippen molar-refractivity contribution in [3.05, 3.63) is 30.5 Å². The molecule has 0 atom stereocenters. The van der Waals surface area contributed by atoms with Crippen LogP contribution in [0.3, 0.4) is 0 Å². The van der Waals surface area contributed by atoms with Crippen molar-refractivity contribution in [1.29, 1.82) is 0 Å². The van der Waals surface area contributed by atoms with Crippen molar-refractivity contribution in [1.82, 2.24) is 0 Å². The van der Waals surface area contributed by atoms with Gasteiger partial charge in [-0.05, 0) is 38.7 Å². The Labute approximate surface area is 89.4 Å². The van der Waals surface area contributed by atoms with E-state index >= 15 is 0 Å². The molecule has 0 bridgehead atoms. The van der Waals surface area contributed by atoms with Gasteiger partial charge in [0.2, 0.25) is 0 Å². The first-order chi connectivity index (χ1) is 6.91. The summed E-state index contributed by atoms with van der Waals surface area (Å²) in [6, 6.07) is 0. The fraction of sp³-hybridized carbons (Fsp3) is 0.643. The van der Waals surface area contributed by atoms with Crippen molar-refractivity contribution in [2.45, 2.75) is 58.3 Å². The minimum absolute atomic E-state index is 1.15. The summed E-state index contributed by atoms with van der Waals surface area (Å²) in [5, 5.41) is 0. The summed E-state index contributed by atoms with van der Waals surface area (Å²) in [6.07, 6.45) is 17.0. The lowest BCUT2D eigenvalue weighted by Crippen LogP contribution is -1.79. The molecular formula is C14H24. The highest BCUT2D eigenvalue weighted by Crippen LogP contribution is 2.08. The molecule has 0 aliphatic carbocycles. The van der Waals surface area contributed by atoms with E-state index in [1.54, 1.807) is 0 Å². The molecule has 0 aromatic carbocycles. The fourth-order valence-corrected chi connectivity index (χ4v) is 1.48. The first-order valence-electron chi connectivity index (χ1n) is 5.87. The van der Waals surface area contributed by atoms with Crippen LogP contribution in [0.1, 0.15) is 58.3 Å². The maximum Gasteiger partial charge on any atom is -0.0275 e. The smallest absolute Gasteiger partial charge is 0.0275 e. The normalized spacial score (nSPS) is 10.4. The van der Waals surface area contributed by atoms with Gasteiger partial charge in [-0.1, -0.05) is 44.4 Å². The molecular weight excluding hydrogens is 168 g/mol. The minimum Gasteiger partial charge on any atom is -0.133 e. The van der Waals surface area contributed by atoms with Gasteiger partial charge in [-0.25, -0.2) is 0 Å². The largest absolute Gasteiger partial charge is 0.133 e. The number of unbranched alkanes of at least 4 members (excludes halogenated alkanes) is 7. The van der Waals surface area contributed by atoms with Gasteiger partial charge < -0.3 is 0 Å². The molecule has 0 aliphatic heterocycles. The van der Waals surface area contributed by atoms with Gasteiger partial charge in [0.25, 0.3) is 0 Å². The Hall–Kier alpha value is -0.740. The molecule has 0 heterocycles. The lowest BCUT2D eigenvalue weighted by molar-refractivity contribution is 0.600. The third kappa shape index (κ3) is 11.3. The Morgan fingerprint density at radius 3 is 2.07 bits per heavy atom. The van der Waals surface area contributed by atoms with E-state index in [9.17, 15) is 0 Å². The van der Waals surface area contributed by atoms with Gasteiger partial charge in [-0.2, -0.15) is 0 Å². The first-order valence-corrected chi connectivity index (χ1v) is 5.87. The molecule has 0 aromatic heterocycles. The third-order valence-corrected chi connectivity index (χ3v) is 2.35. The standard InChI is InChI=1S/C14H24/c1-3-5-7-9-11-13-14-12-10-8-6-4-2/h4-6H,1,7-14H2,2H3. The van der Waals surface area contributed by atoms with Crippen LogP contribution in [0.4, 0.5) is 0 Å². The molecule has 0 rings (SSSR count). The van der Waals surface area contributed by atoms with E-state index < -0.39 is 0 Å². The van der Waals surface area contributed by atoms with E-state index in [-0.39, 0.29) is 0 Å². The Bertz CT molecular complexity index is 170. The van der Waals surface area contributed by atoms with Crippen molar-refractivity contribution in [2.75, 3.05) is 0 Å². The van der Waals surface area contributed by atoms with Gasteiger partial charge in [-0.15, -0.1) is 5.73 Å². The maximum atomic E-state index is 3.55. The monoisotopic (exact) mass is 192 g/mol. The summed E-state index contributed by atoms with van der Waals surface area (Å²) in [7, 11) is 0. The molecule has 0 aromatic rings. The molecule has 0 heteroatoms. The zero-order valence-corrected chi connectivity index (χ0v) is 9.60. The Balaban J connectivity index is 2.95. The maximum absolute atomic E-state index is 3.55. The molecule has 0 radical (unpaired) electrons. The molecule has 0 aliphatic rings. The molecule has 0 spiro atoms. The molecule has 0 fully saturated rings. The van der Waals surface area contributed by atoms with E-state index in [0.29, 0.717) is 0 Å². The molecule has 0 unspecified atom stereocenters. The molecule has 80 valence electrons. The summed E-state index contributed by atoms with van der Waals surface area (Å²) in [4.78, 5) is 0. The van der Waals surface area contributed by atoms with Crippen molar-refractivity contribution in [2.24, 2.45) is 0 Å². The van der Waals surface area contributed by atoms with Crippen molar-refractivity contribution >= 4 is 0 Å². The lowest BCUT2D eigenvalue weighted by Gasteiger charge is -1.98. The quantitative estimate of drug-likeness (QED) is 0.273. The van der Waals surface area contributed by atoms with Gasteiger partial charge in [0, 0.05) is 0 Å². The van der Waals surface area contributed by atoms with Crippen LogP contribution < -0.4 is 0 Å². The number of hydrogen-bond acceptors (Lipinski definition) is 0. The second kappa shape index (κ2) is 12.3. The Morgan fingerprint density at radius 2 is 1.50 bits per heavy atom. The summed E-state index contributed by atoms with van der Waals surface area (Å²) in [5.74, 6) is 0. The van der Waals surface area contributed by atoms with Crippen LogP contribution in [0.25, 0.3) is 0 Å². The SMILES string of the molecule is C=C=CCCCCCCCCC=CC. The number of allylic oxidation sites excluding steroid dienone is 3. The second-order valence-electron chi connectivity index (χ2n) is 3.68. The minimum atomic E-state index is 1.15. The first kappa shape index (κ1) is 13.3. The second-order valence-corrected chi connectivity index (χ2v) is 3.68. The summed E-state index contributed by atoms with van der Waals surface area (Å²) in [6.45, 7) is 5.64. The molecule has 0 nitrogen and oxygen atoms in total. The van der Waals surface area contributed by atoms with Crippen LogP contribution in [-0.4, -0.2) is 0 Å². The average molecular weight is 192 g/mol. The van der Waals surface area contributed by atoms with Crippen LogP contribution >= 0.6 is 0 Å². The molecule has 0 amide bonds. The van der Waals surface area contributed by atoms with Crippen molar-refractivity contribution < 1.29 is 0 Å². The van der Waals surface area contributed by atoms with Crippen LogP contribution in [0.15, 0.2) is 30.5 Å². The molecule has 0 saturated carbocycles. The molecule has 0 saturated heterocycles. The Kier molecular flexibility index (Phi) is 11.6. The average Bonchev–Trinajstić information content (AvgIpc) is 2.21. The van der Waals surface area contributed by atoms with E-state index in [2.05, 4.69) is 31.4 Å². The molecule has 14 heavy (non-hydrogen) atoms. The predicted molar refractivity (Wildman–Crippen MR) is 65.5 cm³/mol. The van der Waals surface area contributed by atoms with E-state index in [1.807, 2.05) is 6.08 Å². The number of hydrogen-bond donors (Lipinski definition) is 0. The predicted octanol–water partition coefficient (Wildman–Crippen LogP) is 5.02. The van der Waals surface area contributed by atoms with E-state index in [4.69, 9.17) is 0 Å². The topological polar surface area (TPSA) is 0 Å². The zero-order chi connectivity index (χ0) is 10.5.